The van der Waals surface area contributed by atoms with Gasteiger partial charge in [0.2, 0.25) is 0 Å². The second-order valence-electron chi connectivity index (χ2n) is 20.4. The van der Waals surface area contributed by atoms with Gasteiger partial charge in [-0.15, -0.1) is 0 Å². The molecule has 12 aromatic rings. The van der Waals surface area contributed by atoms with Crippen LogP contribution in [0.1, 0.15) is 47.2 Å². The van der Waals surface area contributed by atoms with Crippen LogP contribution in [-0.4, -0.2) is 0 Å². The number of nitrogens with zero attached hydrogens (tertiary/aromatic N) is 1. The number of furan rings is 1. The van der Waals surface area contributed by atoms with E-state index >= 15 is 0 Å². The first-order chi connectivity index (χ1) is 35.4. The van der Waals surface area contributed by atoms with Crippen molar-refractivity contribution in [2.45, 2.75) is 24.7 Å². The van der Waals surface area contributed by atoms with E-state index in [9.17, 15) is 0 Å². The smallest absolute Gasteiger partial charge is 0.135 e. The number of benzene rings is 11. The first-order valence-corrected chi connectivity index (χ1v) is 25.1. The van der Waals surface area contributed by atoms with Gasteiger partial charge in [0.15, 0.2) is 0 Å². The van der Waals surface area contributed by atoms with Crippen LogP contribution in [0.2, 0.25) is 0 Å². The average Bonchev–Trinajstić information content (AvgIpc) is 4.13. The molecule has 3 aliphatic carbocycles. The molecule has 72 heavy (non-hydrogen) atoms. The highest BCUT2D eigenvalue weighted by molar-refractivity contribution is 6.06. The minimum absolute atomic E-state index is 0.156. The van der Waals surface area contributed by atoms with Crippen molar-refractivity contribution in [2.75, 3.05) is 4.90 Å². The maximum absolute atomic E-state index is 6.29. The van der Waals surface area contributed by atoms with Gasteiger partial charge >= 0.3 is 0 Å². The Labute approximate surface area is 419 Å². The van der Waals surface area contributed by atoms with E-state index in [1.165, 1.54) is 100 Å². The van der Waals surface area contributed by atoms with Gasteiger partial charge in [-0.2, -0.15) is 0 Å². The molecule has 0 unspecified atom stereocenters. The molecule has 0 bridgehead atoms. The third-order valence-corrected chi connectivity index (χ3v) is 16.3. The molecular weight excluding hydrogens is 871 g/mol. The van der Waals surface area contributed by atoms with Crippen LogP contribution >= 0.6 is 0 Å². The molecule has 1 aromatic heterocycles. The molecule has 0 atom stereocenters. The summed E-state index contributed by atoms with van der Waals surface area (Å²) >= 11 is 0. The van der Waals surface area contributed by atoms with Crippen LogP contribution in [0.4, 0.5) is 17.1 Å². The molecule has 1 heterocycles. The SMILES string of the molecule is CC1(C)c2ccccc2-c2ccc(N(c3ccc(-c4ccc(-c5ccccc5)cc4)cc3)c3ccc4c(c3)C3(c5ccccc5-c5ccccc53)c3cc(-c5ccc6oc7ccccc7c6c5)ccc3-4)cc21. The Morgan fingerprint density at radius 3 is 1.36 bits per heavy atom. The van der Waals surface area contributed by atoms with Gasteiger partial charge in [0.25, 0.3) is 0 Å². The van der Waals surface area contributed by atoms with Gasteiger partial charge in [0.1, 0.15) is 11.2 Å². The number of rotatable bonds is 6. The van der Waals surface area contributed by atoms with E-state index < -0.39 is 5.41 Å². The van der Waals surface area contributed by atoms with Crippen LogP contribution in [0.5, 0.6) is 0 Å². The van der Waals surface area contributed by atoms with Gasteiger partial charge in [-0.05, 0) is 161 Å². The van der Waals surface area contributed by atoms with Crippen LogP contribution in [0.15, 0.2) is 253 Å². The second kappa shape index (κ2) is 15.3. The lowest BCUT2D eigenvalue weighted by atomic mass is 9.70. The molecular formula is C70H47NO. The predicted molar refractivity (Wildman–Crippen MR) is 299 cm³/mol. The fourth-order valence-corrected chi connectivity index (χ4v) is 12.9. The van der Waals surface area contributed by atoms with Crippen LogP contribution in [-0.2, 0) is 10.8 Å². The summed E-state index contributed by atoms with van der Waals surface area (Å²) in [5.41, 5.74) is 27.4. The van der Waals surface area contributed by atoms with Crippen LogP contribution < -0.4 is 4.90 Å². The van der Waals surface area contributed by atoms with E-state index in [0.717, 1.165) is 39.0 Å². The number of para-hydroxylation sites is 1. The fraction of sp³-hybridized carbons (Fsp3) is 0.0571. The van der Waals surface area contributed by atoms with Crippen molar-refractivity contribution in [1.82, 2.24) is 0 Å². The Kier molecular flexibility index (Phi) is 8.66. The number of fused-ring (bicyclic) bond motifs is 16. The normalized spacial score (nSPS) is 13.9. The Balaban J connectivity index is 0.919. The topological polar surface area (TPSA) is 16.4 Å². The zero-order valence-corrected chi connectivity index (χ0v) is 40.0. The molecule has 0 N–H and O–H groups in total. The van der Waals surface area contributed by atoms with Gasteiger partial charge in [-0.3, -0.25) is 0 Å². The largest absolute Gasteiger partial charge is 0.456 e. The molecule has 0 amide bonds. The van der Waals surface area contributed by atoms with Gasteiger partial charge in [0.05, 0.1) is 5.41 Å². The molecule has 338 valence electrons. The zero-order valence-electron chi connectivity index (χ0n) is 40.0. The summed E-state index contributed by atoms with van der Waals surface area (Å²) in [5, 5.41) is 2.27. The monoisotopic (exact) mass is 917 g/mol. The predicted octanol–water partition coefficient (Wildman–Crippen LogP) is 18.7. The third kappa shape index (κ3) is 5.78. The van der Waals surface area contributed by atoms with E-state index in [-0.39, 0.29) is 5.41 Å². The van der Waals surface area contributed by atoms with Crippen LogP contribution in [0.25, 0.3) is 88.7 Å². The van der Waals surface area contributed by atoms with Crippen LogP contribution in [0, 0.1) is 0 Å². The summed E-state index contributed by atoms with van der Waals surface area (Å²) in [6, 6.07) is 92.5. The quantitative estimate of drug-likeness (QED) is 0.165. The Hall–Kier alpha value is -8.98. The first-order valence-electron chi connectivity index (χ1n) is 25.1. The zero-order chi connectivity index (χ0) is 47.7. The van der Waals surface area contributed by atoms with Gasteiger partial charge < -0.3 is 9.32 Å². The molecule has 1 spiro atoms. The Bertz CT molecular complexity index is 4130. The van der Waals surface area contributed by atoms with E-state index in [1.54, 1.807) is 0 Å². The van der Waals surface area contributed by atoms with Crippen molar-refractivity contribution in [3.8, 4) is 66.8 Å². The Morgan fingerprint density at radius 1 is 0.278 bits per heavy atom. The molecule has 2 nitrogen and oxygen atoms in total. The molecule has 2 heteroatoms. The summed E-state index contributed by atoms with van der Waals surface area (Å²) < 4.78 is 6.29. The fourth-order valence-electron chi connectivity index (χ4n) is 12.9. The van der Waals surface area contributed by atoms with Crippen molar-refractivity contribution >= 4 is 39.0 Å². The van der Waals surface area contributed by atoms with Crippen molar-refractivity contribution in [3.63, 3.8) is 0 Å². The molecule has 11 aromatic carbocycles. The maximum atomic E-state index is 6.29. The minimum Gasteiger partial charge on any atom is -0.456 e. The first kappa shape index (κ1) is 40.9. The van der Waals surface area contributed by atoms with E-state index in [0.29, 0.717) is 0 Å². The average molecular weight is 918 g/mol. The lowest BCUT2D eigenvalue weighted by Crippen LogP contribution is -2.26. The summed E-state index contributed by atoms with van der Waals surface area (Å²) in [5.74, 6) is 0. The molecule has 3 aliphatic rings. The lowest BCUT2D eigenvalue weighted by Gasteiger charge is -2.33. The Morgan fingerprint density at radius 2 is 0.694 bits per heavy atom. The molecule has 0 fully saturated rings. The summed E-state index contributed by atoms with van der Waals surface area (Å²) in [6.07, 6.45) is 0. The van der Waals surface area contributed by atoms with E-state index in [2.05, 4.69) is 261 Å². The highest BCUT2D eigenvalue weighted by atomic mass is 16.3. The summed E-state index contributed by atoms with van der Waals surface area (Å²) in [7, 11) is 0. The molecule has 0 saturated carbocycles. The minimum atomic E-state index is -0.556. The van der Waals surface area contributed by atoms with Gasteiger partial charge in [0, 0.05) is 33.2 Å². The highest BCUT2D eigenvalue weighted by Gasteiger charge is 2.52. The van der Waals surface area contributed by atoms with Crippen molar-refractivity contribution in [3.05, 3.63) is 282 Å². The van der Waals surface area contributed by atoms with Crippen molar-refractivity contribution in [2.24, 2.45) is 0 Å². The summed E-state index contributed by atoms with van der Waals surface area (Å²) in [6.45, 7) is 4.75. The standard InChI is InChI=1S/C70H47NO/c1-69(2)61-20-10-6-16-53(61)56-37-34-51(42-64(56)69)71(50-32-28-47(29-33-50)46-26-24-45(25-27-46)44-14-4-3-5-15-44)52-35-38-58-57-36-30-49(48-31-39-68-60(40-48)59-19-9-13-23-67(59)72-68)41-65(57)70(66(58)43-52)62-21-11-7-17-54(62)55-18-8-12-22-63(55)70/h3-43H,1-2H3. The molecule has 0 saturated heterocycles. The number of anilines is 3. The lowest BCUT2D eigenvalue weighted by molar-refractivity contribution is 0.660. The van der Waals surface area contributed by atoms with Gasteiger partial charge in [-0.1, -0.05) is 202 Å². The molecule has 0 aliphatic heterocycles. The highest BCUT2D eigenvalue weighted by Crippen LogP contribution is 2.64. The molecule has 15 rings (SSSR count). The van der Waals surface area contributed by atoms with E-state index in [1.807, 2.05) is 6.07 Å². The van der Waals surface area contributed by atoms with Crippen LogP contribution in [0.3, 0.4) is 0 Å². The van der Waals surface area contributed by atoms with Crippen molar-refractivity contribution in [1.29, 1.82) is 0 Å². The maximum Gasteiger partial charge on any atom is 0.135 e. The second-order valence-corrected chi connectivity index (χ2v) is 20.4. The number of hydrogen-bond acceptors (Lipinski definition) is 2. The molecule has 0 radical (unpaired) electrons. The van der Waals surface area contributed by atoms with Crippen molar-refractivity contribution < 1.29 is 4.42 Å². The summed E-state index contributed by atoms with van der Waals surface area (Å²) in [4.78, 5) is 2.49. The third-order valence-electron chi connectivity index (χ3n) is 16.3. The van der Waals surface area contributed by atoms with E-state index in [4.69, 9.17) is 4.42 Å². The number of hydrogen-bond donors (Lipinski definition) is 0. The van der Waals surface area contributed by atoms with Gasteiger partial charge in [-0.25, -0.2) is 0 Å².